The molecule has 0 saturated carbocycles. The molecule has 0 aliphatic rings. The van der Waals surface area contributed by atoms with Gasteiger partial charge in [0.25, 0.3) is 0 Å². The Morgan fingerprint density at radius 3 is 2.79 bits per heavy atom. The van der Waals surface area contributed by atoms with Crippen LogP contribution in [0.1, 0.15) is 4.88 Å². The SMILES string of the molecule is CN(CCO)Cc1sc(Sc2ccccc2)nc1Cl. The molecule has 1 aromatic heterocycles. The Morgan fingerprint density at radius 2 is 2.11 bits per heavy atom. The predicted octanol–water partition coefficient (Wildman–Crippen LogP) is 3.37. The van der Waals surface area contributed by atoms with Crippen molar-refractivity contribution in [3.05, 3.63) is 40.4 Å². The quantitative estimate of drug-likeness (QED) is 0.887. The first-order valence-electron chi connectivity index (χ1n) is 5.86. The van der Waals surface area contributed by atoms with Crippen molar-refractivity contribution in [3.8, 4) is 0 Å². The summed E-state index contributed by atoms with van der Waals surface area (Å²) in [7, 11) is 1.95. The number of aromatic nitrogens is 1. The van der Waals surface area contributed by atoms with E-state index in [0.29, 0.717) is 18.2 Å². The summed E-state index contributed by atoms with van der Waals surface area (Å²) < 4.78 is 0.948. The second-order valence-corrected chi connectivity index (χ2v) is 6.83. The summed E-state index contributed by atoms with van der Waals surface area (Å²) in [6, 6.07) is 10.1. The first-order chi connectivity index (χ1) is 9.19. The predicted molar refractivity (Wildman–Crippen MR) is 81.1 cm³/mol. The van der Waals surface area contributed by atoms with Gasteiger partial charge in [-0.05, 0) is 19.2 Å². The summed E-state index contributed by atoms with van der Waals surface area (Å²) in [6.07, 6.45) is 0. The molecule has 0 amide bonds. The Kier molecular flexibility index (Phi) is 5.66. The number of likely N-dealkylation sites (N-methyl/N-ethyl adjacent to an activating group) is 1. The van der Waals surface area contributed by atoms with Gasteiger partial charge in [-0.3, -0.25) is 4.90 Å². The van der Waals surface area contributed by atoms with E-state index >= 15 is 0 Å². The maximum Gasteiger partial charge on any atom is 0.156 e. The van der Waals surface area contributed by atoms with Crippen LogP contribution in [0, 0.1) is 0 Å². The average molecular weight is 315 g/mol. The molecule has 0 fully saturated rings. The van der Waals surface area contributed by atoms with E-state index in [0.717, 1.165) is 14.1 Å². The minimum Gasteiger partial charge on any atom is -0.395 e. The summed E-state index contributed by atoms with van der Waals surface area (Å²) in [6.45, 7) is 1.50. The van der Waals surface area contributed by atoms with Crippen LogP contribution >= 0.6 is 34.7 Å². The van der Waals surface area contributed by atoms with Crippen LogP contribution in [0.25, 0.3) is 0 Å². The molecule has 0 unspecified atom stereocenters. The number of rotatable bonds is 6. The normalized spacial score (nSPS) is 11.2. The molecule has 0 radical (unpaired) electrons. The van der Waals surface area contributed by atoms with Crippen LogP contribution in [-0.4, -0.2) is 35.2 Å². The van der Waals surface area contributed by atoms with E-state index < -0.39 is 0 Å². The van der Waals surface area contributed by atoms with Gasteiger partial charge in [0.2, 0.25) is 0 Å². The van der Waals surface area contributed by atoms with Crippen LogP contribution in [-0.2, 0) is 6.54 Å². The lowest BCUT2D eigenvalue weighted by Gasteiger charge is -2.13. The highest BCUT2D eigenvalue weighted by Crippen LogP contribution is 2.35. The lowest BCUT2D eigenvalue weighted by Crippen LogP contribution is -2.21. The zero-order chi connectivity index (χ0) is 13.7. The van der Waals surface area contributed by atoms with Gasteiger partial charge >= 0.3 is 0 Å². The lowest BCUT2D eigenvalue weighted by atomic mass is 10.4. The van der Waals surface area contributed by atoms with Gasteiger partial charge in [-0.15, -0.1) is 11.3 Å². The average Bonchev–Trinajstić information content (AvgIpc) is 2.71. The van der Waals surface area contributed by atoms with E-state index in [-0.39, 0.29) is 6.61 Å². The number of hydrogen-bond acceptors (Lipinski definition) is 5. The van der Waals surface area contributed by atoms with Crippen LogP contribution in [0.4, 0.5) is 0 Å². The van der Waals surface area contributed by atoms with Gasteiger partial charge in [0.15, 0.2) is 4.34 Å². The van der Waals surface area contributed by atoms with Gasteiger partial charge < -0.3 is 5.11 Å². The zero-order valence-corrected chi connectivity index (χ0v) is 12.9. The van der Waals surface area contributed by atoms with E-state index in [1.165, 1.54) is 0 Å². The number of halogens is 1. The Bertz CT molecular complexity index is 519. The third-order valence-corrected chi connectivity index (χ3v) is 5.01. The van der Waals surface area contributed by atoms with Crippen LogP contribution in [0.5, 0.6) is 0 Å². The Labute approximate surface area is 126 Å². The smallest absolute Gasteiger partial charge is 0.156 e. The maximum atomic E-state index is 8.89. The molecular formula is C13H15ClN2OS2. The standard InChI is InChI=1S/C13H15ClN2OS2/c1-16(7-8-17)9-11-12(14)15-13(19-11)18-10-5-3-2-4-6-10/h2-6,17H,7-9H2,1H3. The number of aliphatic hydroxyl groups is 1. The number of benzene rings is 1. The molecule has 1 aromatic carbocycles. The van der Waals surface area contributed by atoms with Gasteiger partial charge in [-0.1, -0.05) is 41.6 Å². The molecule has 0 bridgehead atoms. The molecule has 1 N–H and O–H groups in total. The molecule has 6 heteroatoms. The van der Waals surface area contributed by atoms with E-state index in [9.17, 15) is 0 Å². The van der Waals surface area contributed by atoms with E-state index in [2.05, 4.69) is 17.1 Å². The van der Waals surface area contributed by atoms with Crippen LogP contribution in [0.2, 0.25) is 5.15 Å². The Balaban J connectivity index is 2.04. The number of hydrogen-bond donors (Lipinski definition) is 1. The van der Waals surface area contributed by atoms with Crippen molar-refractivity contribution < 1.29 is 5.11 Å². The fourth-order valence-electron chi connectivity index (χ4n) is 1.54. The minimum atomic E-state index is 0.151. The van der Waals surface area contributed by atoms with Crippen molar-refractivity contribution in [2.24, 2.45) is 0 Å². The second kappa shape index (κ2) is 7.26. The highest BCUT2D eigenvalue weighted by molar-refractivity contribution is 8.01. The summed E-state index contributed by atoms with van der Waals surface area (Å²) in [5.74, 6) is 0. The fraction of sp³-hybridized carbons (Fsp3) is 0.308. The second-order valence-electron chi connectivity index (χ2n) is 4.07. The third kappa shape index (κ3) is 4.47. The fourth-order valence-corrected chi connectivity index (χ4v) is 4.05. The monoisotopic (exact) mass is 314 g/mol. The highest BCUT2D eigenvalue weighted by atomic mass is 35.5. The van der Waals surface area contributed by atoms with Crippen molar-refractivity contribution >= 4 is 34.7 Å². The summed E-state index contributed by atoms with van der Waals surface area (Å²) >= 11 is 9.38. The van der Waals surface area contributed by atoms with Crippen molar-refractivity contribution in [2.75, 3.05) is 20.2 Å². The van der Waals surface area contributed by atoms with Crippen LogP contribution in [0.15, 0.2) is 39.6 Å². The van der Waals surface area contributed by atoms with Crippen LogP contribution < -0.4 is 0 Å². The summed E-state index contributed by atoms with van der Waals surface area (Å²) in [4.78, 5) is 8.59. The molecule has 2 aromatic rings. The first kappa shape index (κ1) is 14.8. The van der Waals surface area contributed by atoms with Gasteiger partial charge in [0, 0.05) is 18.0 Å². The van der Waals surface area contributed by atoms with E-state index in [1.54, 1.807) is 23.1 Å². The van der Waals surface area contributed by atoms with Crippen LogP contribution in [0.3, 0.4) is 0 Å². The van der Waals surface area contributed by atoms with E-state index in [4.69, 9.17) is 16.7 Å². The molecule has 0 saturated heterocycles. The number of thiazole rings is 1. The van der Waals surface area contributed by atoms with Crippen molar-refractivity contribution in [1.29, 1.82) is 0 Å². The topological polar surface area (TPSA) is 36.4 Å². The molecule has 0 aliphatic heterocycles. The van der Waals surface area contributed by atoms with Gasteiger partial charge in [-0.2, -0.15) is 0 Å². The van der Waals surface area contributed by atoms with E-state index in [1.807, 2.05) is 30.1 Å². The molecule has 0 aliphatic carbocycles. The highest BCUT2D eigenvalue weighted by Gasteiger charge is 2.12. The molecular weight excluding hydrogens is 300 g/mol. The van der Waals surface area contributed by atoms with Gasteiger partial charge in [0.1, 0.15) is 5.15 Å². The molecule has 3 nitrogen and oxygen atoms in total. The first-order valence-corrected chi connectivity index (χ1v) is 7.87. The Morgan fingerprint density at radius 1 is 1.37 bits per heavy atom. The molecule has 0 atom stereocenters. The maximum absolute atomic E-state index is 8.89. The largest absolute Gasteiger partial charge is 0.395 e. The van der Waals surface area contributed by atoms with Crippen molar-refractivity contribution in [1.82, 2.24) is 9.88 Å². The van der Waals surface area contributed by atoms with Crippen molar-refractivity contribution in [3.63, 3.8) is 0 Å². The van der Waals surface area contributed by atoms with Gasteiger partial charge in [-0.25, -0.2) is 4.98 Å². The lowest BCUT2D eigenvalue weighted by molar-refractivity contribution is 0.218. The number of aliphatic hydroxyl groups excluding tert-OH is 1. The molecule has 19 heavy (non-hydrogen) atoms. The molecule has 0 spiro atoms. The van der Waals surface area contributed by atoms with Gasteiger partial charge in [0.05, 0.1) is 11.5 Å². The minimum absolute atomic E-state index is 0.151. The van der Waals surface area contributed by atoms with Crippen molar-refractivity contribution in [2.45, 2.75) is 15.8 Å². The molecule has 2 rings (SSSR count). The third-order valence-electron chi connectivity index (χ3n) is 2.47. The molecule has 1 heterocycles. The zero-order valence-electron chi connectivity index (χ0n) is 10.5. The Hall–Kier alpha value is -0.590. The summed E-state index contributed by atoms with van der Waals surface area (Å²) in [5.41, 5.74) is 0. The summed E-state index contributed by atoms with van der Waals surface area (Å²) in [5, 5.41) is 9.46. The number of nitrogens with zero attached hydrogens (tertiary/aromatic N) is 2. The molecule has 102 valence electrons.